The highest BCUT2D eigenvalue weighted by molar-refractivity contribution is 6.07. The van der Waals surface area contributed by atoms with Crippen molar-refractivity contribution in [3.05, 3.63) is 59.4 Å². The van der Waals surface area contributed by atoms with Crippen molar-refractivity contribution >= 4 is 17.6 Å². The van der Waals surface area contributed by atoms with Gasteiger partial charge < -0.3 is 15.2 Å². The molecule has 0 atom stereocenters. The topological polar surface area (TPSA) is 82.1 Å². The number of carboxylic acid groups (broad SMARTS) is 1. The summed E-state index contributed by atoms with van der Waals surface area (Å²) < 4.78 is 0. The predicted octanol–water partition coefficient (Wildman–Crippen LogP) is 1.01. The Morgan fingerprint density at radius 3 is 2.47 bits per heavy atom. The number of carbonyl (C=O) groups is 2. The molecule has 5 heteroatoms. The normalized spacial score (nSPS) is 9.95. The van der Waals surface area contributed by atoms with Gasteiger partial charge in [-0.15, -0.1) is 0 Å². The first-order valence-electron chi connectivity index (χ1n) is 5.61. The summed E-state index contributed by atoms with van der Waals surface area (Å²) in [4.78, 5) is 26.7. The molecule has 1 amide bonds. The molecule has 19 heavy (non-hydrogen) atoms. The Morgan fingerprint density at radius 2 is 1.84 bits per heavy atom. The first-order valence-corrected chi connectivity index (χ1v) is 5.61. The maximum Gasteiger partial charge on any atom is 0.255 e. The summed E-state index contributed by atoms with van der Waals surface area (Å²) >= 11 is 0. The van der Waals surface area contributed by atoms with E-state index < -0.39 is 11.9 Å². The van der Waals surface area contributed by atoms with Crippen molar-refractivity contribution in [2.75, 3.05) is 5.32 Å². The van der Waals surface area contributed by atoms with Gasteiger partial charge in [-0.05, 0) is 30.7 Å². The molecule has 0 aliphatic heterocycles. The fourth-order valence-electron chi connectivity index (χ4n) is 1.64. The van der Waals surface area contributed by atoms with E-state index >= 15 is 0 Å². The molecule has 0 saturated heterocycles. The molecule has 1 N–H and O–H groups in total. The van der Waals surface area contributed by atoms with Gasteiger partial charge >= 0.3 is 0 Å². The van der Waals surface area contributed by atoms with E-state index in [9.17, 15) is 14.7 Å². The highest BCUT2D eigenvalue weighted by Crippen LogP contribution is 2.18. The van der Waals surface area contributed by atoms with Gasteiger partial charge in [-0.25, -0.2) is 0 Å². The van der Waals surface area contributed by atoms with Gasteiger partial charge in [0, 0.05) is 23.5 Å². The van der Waals surface area contributed by atoms with Crippen LogP contribution in [0.4, 0.5) is 5.69 Å². The third kappa shape index (κ3) is 2.95. The smallest absolute Gasteiger partial charge is 0.255 e. The zero-order valence-electron chi connectivity index (χ0n) is 10.2. The number of benzene rings is 1. The lowest BCUT2D eigenvalue weighted by Gasteiger charge is -2.12. The summed E-state index contributed by atoms with van der Waals surface area (Å²) in [6, 6.07) is 7.73. The lowest BCUT2D eigenvalue weighted by Crippen LogP contribution is -2.25. The second-order valence-corrected chi connectivity index (χ2v) is 4.03. The van der Waals surface area contributed by atoms with Gasteiger partial charge in [0.25, 0.3) is 5.91 Å². The zero-order valence-corrected chi connectivity index (χ0v) is 10.2. The van der Waals surface area contributed by atoms with Gasteiger partial charge in [0.2, 0.25) is 0 Å². The van der Waals surface area contributed by atoms with Crippen molar-refractivity contribution in [1.29, 1.82) is 0 Å². The minimum atomic E-state index is -1.33. The summed E-state index contributed by atoms with van der Waals surface area (Å²) in [6.45, 7) is 1.81. The number of rotatable bonds is 3. The van der Waals surface area contributed by atoms with E-state index in [1.54, 1.807) is 31.2 Å². The van der Waals surface area contributed by atoms with Gasteiger partial charge in [0.1, 0.15) is 0 Å². The number of carboxylic acids is 1. The molecule has 0 fully saturated rings. The minimum absolute atomic E-state index is 0.0481. The van der Waals surface area contributed by atoms with Crippen LogP contribution in [-0.2, 0) is 0 Å². The van der Waals surface area contributed by atoms with E-state index in [-0.39, 0.29) is 11.3 Å². The van der Waals surface area contributed by atoms with Crippen molar-refractivity contribution in [1.82, 2.24) is 4.98 Å². The fourth-order valence-corrected chi connectivity index (χ4v) is 1.64. The number of nitrogens with zero attached hydrogens (tertiary/aromatic N) is 1. The second-order valence-electron chi connectivity index (χ2n) is 4.03. The Morgan fingerprint density at radius 1 is 1.16 bits per heavy atom. The molecule has 2 aromatic rings. The third-order valence-electron chi connectivity index (χ3n) is 2.59. The molecule has 1 aromatic carbocycles. The van der Waals surface area contributed by atoms with E-state index in [4.69, 9.17) is 0 Å². The van der Waals surface area contributed by atoms with Crippen LogP contribution in [0.3, 0.4) is 0 Å². The molecule has 0 unspecified atom stereocenters. The summed E-state index contributed by atoms with van der Waals surface area (Å²) in [5.41, 5.74) is 1.42. The van der Waals surface area contributed by atoms with Crippen LogP contribution in [0.1, 0.15) is 26.3 Å². The molecule has 0 radical (unpaired) electrons. The van der Waals surface area contributed by atoms with E-state index in [1.807, 2.05) is 0 Å². The Bertz CT molecular complexity index is 624. The molecule has 0 bridgehead atoms. The lowest BCUT2D eigenvalue weighted by molar-refractivity contribution is -0.254. The van der Waals surface area contributed by atoms with Crippen molar-refractivity contribution in [3.63, 3.8) is 0 Å². The first kappa shape index (κ1) is 12.8. The Balaban J connectivity index is 2.31. The van der Waals surface area contributed by atoms with Crippen molar-refractivity contribution in [3.8, 4) is 0 Å². The largest absolute Gasteiger partial charge is 0.545 e. The van der Waals surface area contributed by atoms with E-state index in [2.05, 4.69) is 10.3 Å². The molecular weight excluding hydrogens is 244 g/mol. The lowest BCUT2D eigenvalue weighted by atomic mass is 10.1. The van der Waals surface area contributed by atoms with Gasteiger partial charge in [-0.1, -0.05) is 12.1 Å². The van der Waals surface area contributed by atoms with Crippen LogP contribution < -0.4 is 10.4 Å². The molecule has 0 aliphatic rings. The number of anilines is 1. The molecular formula is C14H11N2O3-. The standard InChI is InChI=1S/C14H12N2O3/c1-9-2-3-11(14(18)19)12(8-9)16-13(17)10-4-6-15-7-5-10/h2-8H,1H3,(H,16,17)(H,18,19)/p-1. The number of aromatic carboxylic acids is 1. The first-order chi connectivity index (χ1) is 9.08. The second kappa shape index (κ2) is 5.30. The van der Waals surface area contributed by atoms with Crippen LogP contribution in [0.5, 0.6) is 0 Å². The third-order valence-corrected chi connectivity index (χ3v) is 2.59. The van der Waals surface area contributed by atoms with Crippen LogP contribution in [0.25, 0.3) is 0 Å². The predicted molar refractivity (Wildman–Crippen MR) is 67.7 cm³/mol. The van der Waals surface area contributed by atoms with Gasteiger partial charge in [0.05, 0.1) is 11.7 Å². The van der Waals surface area contributed by atoms with E-state index in [0.29, 0.717) is 5.56 Å². The average Bonchev–Trinajstić information content (AvgIpc) is 2.39. The van der Waals surface area contributed by atoms with Gasteiger partial charge in [0.15, 0.2) is 0 Å². The number of hydrogen-bond acceptors (Lipinski definition) is 4. The molecule has 0 aliphatic carbocycles. The number of hydrogen-bond donors (Lipinski definition) is 1. The van der Waals surface area contributed by atoms with Crippen molar-refractivity contribution < 1.29 is 14.7 Å². The number of pyridine rings is 1. The summed E-state index contributed by atoms with van der Waals surface area (Å²) in [5.74, 6) is -1.72. The number of carbonyl (C=O) groups excluding carboxylic acids is 2. The Kier molecular flexibility index (Phi) is 3.56. The van der Waals surface area contributed by atoms with Crippen LogP contribution in [0, 0.1) is 6.92 Å². The molecule has 0 saturated carbocycles. The summed E-state index contributed by atoms with van der Waals surface area (Å²) in [6.07, 6.45) is 2.98. The monoisotopic (exact) mass is 255 g/mol. The quantitative estimate of drug-likeness (QED) is 0.887. The zero-order chi connectivity index (χ0) is 13.8. The van der Waals surface area contributed by atoms with Gasteiger partial charge in [-0.3, -0.25) is 9.78 Å². The maximum absolute atomic E-state index is 11.9. The van der Waals surface area contributed by atoms with Gasteiger partial charge in [-0.2, -0.15) is 0 Å². The number of amides is 1. The molecule has 5 nitrogen and oxygen atoms in total. The Hall–Kier alpha value is -2.69. The van der Waals surface area contributed by atoms with Crippen LogP contribution >= 0.6 is 0 Å². The molecule has 1 heterocycles. The number of aromatic nitrogens is 1. The van der Waals surface area contributed by atoms with Crippen LogP contribution in [0.15, 0.2) is 42.7 Å². The highest BCUT2D eigenvalue weighted by atomic mass is 16.4. The molecule has 1 aromatic heterocycles. The summed E-state index contributed by atoms with van der Waals surface area (Å²) in [5, 5.41) is 13.5. The van der Waals surface area contributed by atoms with E-state index in [0.717, 1.165) is 5.56 Å². The highest BCUT2D eigenvalue weighted by Gasteiger charge is 2.09. The molecule has 2 rings (SSSR count). The average molecular weight is 255 g/mol. The van der Waals surface area contributed by atoms with Crippen molar-refractivity contribution in [2.45, 2.75) is 6.92 Å². The molecule has 0 spiro atoms. The van der Waals surface area contributed by atoms with Crippen molar-refractivity contribution in [2.24, 2.45) is 0 Å². The molecule has 96 valence electrons. The number of aryl methyl sites for hydroxylation is 1. The van der Waals surface area contributed by atoms with Crippen LogP contribution in [0.2, 0.25) is 0 Å². The Labute approximate surface area is 109 Å². The SMILES string of the molecule is Cc1ccc(C(=O)[O-])c(NC(=O)c2ccncc2)c1. The van der Waals surface area contributed by atoms with Crippen LogP contribution in [-0.4, -0.2) is 16.9 Å². The summed E-state index contributed by atoms with van der Waals surface area (Å²) in [7, 11) is 0. The number of nitrogens with one attached hydrogen (secondary N) is 1. The minimum Gasteiger partial charge on any atom is -0.545 e. The maximum atomic E-state index is 11.9. The fraction of sp³-hybridized carbons (Fsp3) is 0.0714. The van der Waals surface area contributed by atoms with E-state index in [1.165, 1.54) is 18.5 Å².